The van der Waals surface area contributed by atoms with Gasteiger partial charge in [-0.1, -0.05) is 24.3 Å². The Kier molecular flexibility index (Phi) is 5.90. The van der Waals surface area contributed by atoms with Gasteiger partial charge in [-0.15, -0.1) is 0 Å². The summed E-state index contributed by atoms with van der Waals surface area (Å²) >= 11 is 0. The molecule has 32 heavy (non-hydrogen) atoms. The van der Waals surface area contributed by atoms with Crippen LogP contribution in [-0.2, 0) is 14.8 Å². The Labute approximate surface area is 186 Å². The molecule has 4 rings (SSSR count). The Hall–Kier alpha value is -3.36. The fraction of sp³-hybridized carbons (Fsp3) is 0.208. The third-order valence-corrected chi connectivity index (χ3v) is 6.86. The third kappa shape index (κ3) is 4.32. The van der Waals surface area contributed by atoms with Crippen molar-refractivity contribution in [3.8, 4) is 5.75 Å². The number of rotatable bonds is 7. The number of hydrogen-bond donors (Lipinski definition) is 2. The number of hydrogen-bond acceptors (Lipinski definition) is 5. The van der Waals surface area contributed by atoms with E-state index < -0.39 is 10.0 Å². The summed E-state index contributed by atoms with van der Waals surface area (Å²) in [6.07, 6.45) is -0.0363. The molecule has 0 aliphatic heterocycles. The van der Waals surface area contributed by atoms with E-state index in [-0.39, 0.29) is 23.8 Å². The SMILES string of the molecule is COc1cc2c(cc1NC(=O)CCNS(=O)(=O)c1ccc(C)c(C)c1)oc1ccccc12. The van der Waals surface area contributed by atoms with Crippen molar-refractivity contribution in [1.29, 1.82) is 0 Å². The van der Waals surface area contributed by atoms with Crippen LogP contribution in [0.4, 0.5) is 5.69 Å². The second-order valence-corrected chi connectivity index (χ2v) is 9.36. The van der Waals surface area contributed by atoms with E-state index in [4.69, 9.17) is 9.15 Å². The van der Waals surface area contributed by atoms with E-state index in [1.165, 1.54) is 7.11 Å². The monoisotopic (exact) mass is 452 g/mol. The topological polar surface area (TPSA) is 97.6 Å². The van der Waals surface area contributed by atoms with Gasteiger partial charge < -0.3 is 14.5 Å². The van der Waals surface area contributed by atoms with Gasteiger partial charge in [-0.05, 0) is 49.2 Å². The first-order valence-corrected chi connectivity index (χ1v) is 11.6. The van der Waals surface area contributed by atoms with Crippen molar-refractivity contribution in [2.24, 2.45) is 0 Å². The van der Waals surface area contributed by atoms with Crippen molar-refractivity contribution in [2.45, 2.75) is 25.2 Å². The molecule has 1 amide bonds. The zero-order chi connectivity index (χ0) is 22.9. The summed E-state index contributed by atoms with van der Waals surface area (Å²) in [6, 6.07) is 16.1. The van der Waals surface area contributed by atoms with Gasteiger partial charge in [0.25, 0.3) is 0 Å². The lowest BCUT2D eigenvalue weighted by Gasteiger charge is -2.11. The third-order valence-electron chi connectivity index (χ3n) is 5.41. The second kappa shape index (κ2) is 8.64. The highest BCUT2D eigenvalue weighted by Crippen LogP contribution is 2.36. The van der Waals surface area contributed by atoms with Gasteiger partial charge in [0.15, 0.2) is 0 Å². The Bertz CT molecular complexity index is 1420. The Morgan fingerprint density at radius 3 is 2.50 bits per heavy atom. The molecule has 0 unspecified atom stereocenters. The van der Waals surface area contributed by atoms with Gasteiger partial charge in [-0.25, -0.2) is 13.1 Å². The summed E-state index contributed by atoms with van der Waals surface area (Å²) in [5.41, 5.74) is 3.73. The van der Waals surface area contributed by atoms with Crippen LogP contribution in [0.1, 0.15) is 17.5 Å². The van der Waals surface area contributed by atoms with Crippen LogP contribution in [0.15, 0.2) is 63.9 Å². The molecule has 0 bridgehead atoms. The Morgan fingerprint density at radius 2 is 1.75 bits per heavy atom. The first-order valence-electron chi connectivity index (χ1n) is 10.1. The van der Waals surface area contributed by atoms with Crippen LogP contribution in [0, 0.1) is 13.8 Å². The lowest BCUT2D eigenvalue weighted by molar-refractivity contribution is -0.116. The summed E-state index contributed by atoms with van der Waals surface area (Å²) in [4.78, 5) is 12.7. The molecule has 2 N–H and O–H groups in total. The molecule has 0 aliphatic rings. The van der Waals surface area contributed by atoms with E-state index >= 15 is 0 Å². The lowest BCUT2D eigenvalue weighted by Crippen LogP contribution is -2.28. The van der Waals surface area contributed by atoms with Crippen LogP contribution in [0.3, 0.4) is 0 Å². The lowest BCUT2D eigenvalue weighted by atomic mass is 10.1. The first kappa shape index (κ1) is 21.9. The molecule has 0 saturated heterocycles. The molecule has 0 radical (unpaired) electrons. The number of furan rings is 1. The number of ether oxygens (including phenoxy) is 1. The number of nitrogens with one attached hydrogen (secondary N) is 2. The van der Waals surface area contributed by atoms with Gasteiger partial charge in [-0.3, -0.25) is 4.79 Å². The number of fused-ring (bicyclic) bond motifs is 3. The fourth-order valence-corrected chi connectivity index (χ4v) is 4.61. The second-order valence-electron chi connectivity index (χ2n) is 7.59. The molecule has 3 aromatic carbocycles. The molecule has 4 aromatic rings. The number of para-hydroxylation sites is 1. The van der Waals surface area contributed by atoms with Crippen molar-refractivity contribution in [1.82, 2.24) is 4.72 Å². The van der Waals surface area contributed by atoms with E-state index in [1.54, 1.807) is 24.3 Å². The standard InChI is InChI=1S/C24H24N2O5S/c1-15-8-9-17(12-16(15)2)32(28,29)25-11-10-24(27)26-20-14-22-19(13-23(20)30-3)18-6-4-5-7-21(18)31-22/h4-9,12-14,25H,10-11H2,1-3H3,(H,26,27). The number of methoxy groups -OCH3 is 1. The minimum absolute atomic E-state index is 0.0315. The fourth-order valence-electron chi connectivity index (χ4n) is 3.49. The number of amides is 1. The predicted octanol–water partition coefficient (Wildman–Crippen LogP) is 4.52. The van der Waals surface area contributed by atoms with Crippen LogP contribution >= 0.6 is 0 Å². The molecule has 0 aliphatic carbocycles. The van der Waals surface area contributed by atoms with Crippen molar-refractivity contribution in [3.05, 3.63) is 65.7 Å². The minimum Gasteiger partial charge on any atom is -0.495 e. The van der Waals surface area contributed by atoms with E-state index in [0.29, 0.717) is 17.0 Å². The maximum atomic E-state index is 12.5. The number of aryl methyl sites for hydroxylation is 2. The molecular weight excluding hydrogens is 428 g/mol. The maximum Gasteiger partial charge on any atom is 0.240 e. The summed E-state index contributed by atoms with van der Waals surface area (Å²) in [5.74, 6) is 0.148. The van der Waals surface area contributed by atoms with Crippen molar-refractivity contribution < 1.29 is 22.4 Å². The van der Waals surface area contributed by atoms with E-state index in [0.717, 1.165) is 27.5 Å². The Balaban J connectivity index is 1.45. The van der Waals surface area contributed by atoms with Crippen molar-refractivity contribution in [2.75, 3.05) is 19.0 Å². The van der Waals surface area contributed by atoms with E-state index in [2.05, 4.69) is 10.0 Å². The minimum atomic E-state index is -3.69. The summed E-state index contributed by atoms with van der Waals surface area (Å²) < 4.78 is 38.8. The Morgan fingerprint density at radius 1 is 0.969 bits per heavy atom. The largest absolute Gasteiger partial charge is 0.495 e. The van der Waals surface area contributed by atoms with Gasteiger partial charge in [0, 0.05) is 29.8 Å². The first-order chi connectivity index (χ1) is 15.3. The number of benzene rings is 3. The van der Waals surface area contributed by atoms with Gasteiger partial charge in [0.05, 0.1) is 17.7 Å². The zero-order valence-corrected chi connectivity index (χ0v) is 18.9. The summed E-state index contributed by atoms with van der Waals surface area (Å²) in [7, 11) is -2.17. The summed E-state index contributed by atoms with van der Waals surface area (Å²) in [5, 5.41) is 4.63. The molecule has 8 heteroatoms. The normalized spacial score (nSPS) is 11.7. The maximum absolute atomic E-state index is 12.5. The van der Waals surface area contributed by atoms with Crippen LogP contribution in [0.25, 0.3) is 21.9 Å². The number of carbonyl (C=O) groups is 1. The molecule has 1 heterocycles. The zero-order valence-electron chi connectivity index (χ0n) is 18.1. The van der Waals surface area contributed by atoms with Gasteiger partial charge in [-0.2, -0.15) is 0 Å². The molecule has 0 atom stereocenters. The summed E-state index contributed by atoms with van der Waals surface area (Å²) in [6.45, 7) is 3.74. The molecule has 1 aromatic heterocycles. The molecular formula is C24H24N2O5S. The number of sulfonamides is 1. The smallest absolute Gasteiger partial charge is 0.240 e. The van der Waals surface area contributed by atoms with Crippen LogP contribution in [0.5, 0.6) is 5.75 Å². The molecule has 0 spiro atoms. The molecule has 7 nitrogen and oxygen atoms in total. The molecule has 166 valence electrons. The predicted molar refractivity (Wildman–Crippen MR) is 125 cm³/mol. The molecule has 0 fully saturated rings. The van der Waals surface area contributed by atoms with Gasteiger partial charge >= 0.3 is 0 Å². The van der Waals surface area contributed by atoms with Crippen molar-refractivity contribution in [3.63, 3.8) is 0 Å². The highest BCUT2D eigenvalue weighted by atomic mass is 32.2. The van der Waals surface area contributed by atoms with Gasteiger partial charge in [0.1, 0.15) is 16.9 Å². The highest BCUT2D eigenvalue weighted by molar-refractivity contribution is 7.89. The highest BCUT2D eigenvalue weighted by Gasteiger charge is 2.17. The average molecular weight is 453 g/mol. The average Bonchev–Trinajstić information content (AvgIpc) is 3.12. The number of carbonyl (C=O) groups excluding carboxylic acids is 1. The van der Waals surface area contributed by atoms with Crippen LogP contribution < -0.4 is 14.8 Å². The quantitative estimate of drug-likeness (QED) is 0.430. The molecule has 0 saturated carbocycles. The van der Waals surface area contributed by atoms with Crippen molar-refractivity contribution >= 4 is 43.6 Å². The van der Waals surface area contributed by atoms with Crippen LogP contribution in [0.2, 0.25) is 0 Å². The number of anilines is 1. The van der Waals surface area contributed by atoms with Gasteiger partial charge in [0.2, 0.25) is 15.9 Å². The van der Waals surface area contributed by atoms with E-state index in [9.17, 15) is 13.2 Å². The van der Waals surface area contributed by atoms with E-state index in [1.807, 2.05) is 44.2 Å². The van der Waals surface area contributed by atoms with Crippen LogP contribution in [-0.4, -0.2) is 28.0 Å².